The summed E-state index contributed by atoms with van der Waals surface area (Å²) < 4.78 is 28.0. The fourth-order valence-corrected chi connectivity index (χ4v) is 2.56. The molecule has 3 N–H and O–H groups in total. The SMILES string of the molecule is CN(C)C(CN=C(N)NCCc1ccccc1)c1c(F)cccc1F.I. The molecule has 26 heavy (non-hydrogen) atoms. The number of nitrogens with one attached hydrogen (secondary N) is 1. The van der Waals surface area contributed by atoms with Crippen LogP contribution in [0.25, 0.3) is 0 Å². The van der Waals surface area contributed by atoms with Crippen molar-refractivity contribution < 1.29 is 8.78 Å². The predicted octanol–water partition coefficient (Wildman–Crippen LogP) is 3.33. The van der Waals surface area contributed by atoms with Gasteiger partial charge in [-0.15, -0.1) is 24.0 Å². The van der Waals surface area contributed by atoms with Crippen LogP contribution in [0.4, 0.5) is 8.78 Å². The fourth-order valence-electron chi connectivity index (χ4n) is 2.56. The molecule has 0 aliphatic carbocycles. The molecule has 0 saturated heterocycles. The maximum Gasteiger partial charge on any atom is 0.188 e. The van der Waals surface area contributed by atoms with E-state index in [1.165, 1.54) is 23.8 Å². The topological polar surface area (TPSA) is 53.6 Å². The summed E-state index contributed by atoms with van der Waals surface area (Å²) in [6.07, 6.45) is 0.816. The van der Waals surface area contributed by atoms with Crippen molar-refractivity contribution in [3.05, 3.63) is 71.3 Å². The van der Waals surface area contributed by atoms with Gasteiger partial charge in [0.15, 0.2) is 5.96 Å². The van der Waals surface area contributed by atoms with Gasteiger partial charge in [0.25, 0.3) is 0 Å². The number of aliphatic imine (C=N–C) groups is 1. The first-order valence-electron chi connectivity index (χ1n) is 8.17. The van der Waals surface area contributed by atoms with Gasteiger partial charge in [-0.25, -0.2) is 8.78 Å². The molecule has 0 amide bonds. The fraction of sp³-hybridized carbons (Fsp3) is 0.316. The van der Waals surface area contributed by atoms with E-state index in [2.05, 4.69) is 10.3 Å². The lowest BCUT2D eigenvalue weighted by atomic mass is 10.0. The van der Waals surface area contributed by atoms with E-state index >= 15 is 0 Å². The summed E-state index contributed by atoms with van der Waals surface area (Å²) in [5.41, 5.74) is 7.08. The van der Waals surface area contributed by atoms with Crippen LogP contribution in [0, 0.1) is 11.6 Å². The minimum atomic E-state index is -0.579. The van der Waals surface area contributed by atoms with E-state index in [1.54, 1.807) is 19.0 Å². The zero-order valence-corrected chi connectivity index (χ0v) is 17.3. The molecule has 0 radical (unpaired) electrons. The summed E-state index contributed by atoms with van der Waals surface area (Å²) in [6.45, 7) is 0.801. The highest BCUT2D eigenvalue weighted by molar-refractivity contribution is 14.0. The molecule has 0 aliphatic rings. The molecule has 2 rings (SSSR count). The molecule has 142 valence electrons. The van der Waals surface area contributed by atoms with E-state index in [9.17, 15) is 8.78 Å². The third-order valence-electron chi connectivity index (χ3n) is 3.95. The molecule has 0 saturated carbocycles. The average Bonchev–Trinajstić information content (AvgIpc) is 2.58. The molecule has 0 aliphatic heterocycles. The normalized spacial score (nSPS) is 12.6. The van der Waals surface area contributed by atoms with Crippen LogP contribution in [-0.2, 0) is 6.42 Å². The average molecular weight is 474 g/mol. The van der Waals surface area contributed by atoms with E-state index in [4.69, 9.17) is 5.73 Å². The van der Waals surface area contributed by atoms with E-state index in [1.807, 2.05) is 30.3 Å². The van der Waals surface area contributed by atoms with E-state index < -0.39 is 17.7 Å². The monoisotopic (exact) mass is 474 g/mol. The van der Waals surface area contributed by atoms with Gasteiger partial charge in [-0.2, -0.15) is 0 Å². The van der Waals surface area contributed by atoms with Crippen LogP contribution < -0.4 is 11.1 Å². The van der Waals surface area contributed by atoms with Crippen LogP contribution in [-0.4, -0.2) is 38.0 Å². The quantitative estimate of drug-likeness (QED) is 0.368. The van der Waals surface area contributed by atoms with Crippen molar-refractivity contribution >= 4 is 29.9 Å². The van der Waals surface area contributed by atoms with Gasteiger partial charge < -0.3 is 16.0 Å². The molecular weight excluding hydrogens is 449 g/mol. The predicted molar refractivity (Wildman–Crippen MR) is 113 cm³/mol. The Morgan fingerprint density at radius 3 is 2.27 bits per heavy atom. The Bertz CT molecular complexity index is 688. The van der Waals surface area contributed by atoms with Gasteiger partial charge in [-0.3, -0.25) is 4.99 Å². The molecule has 0 bridgehead atoms. The van der Waals surface area contributed by atoms with Gasteiger partial charge in [0.05, 0.1) is 12.6 Å². The van der Waals surface area contributed by atoms with E-state index in [-0.39, 0.29) is 42.0 Å². The Hall–Kier alpha value is -1.74. The van der Waals surface area contributed by atoms with Crippen molar-refractivity contribution in [3.8, 4) is 0 Å². The summed E-state index contributed by atoms with van der Waals surface area (Å²) in [7, 11) is 3.51. The van der Waals surface area contributed by atoms with Crippen LogP contribution in [0.5, 0.6) is 0 Å². The second-order valence-electron chi connectivity index (χ2n) is 6.00. The van der Waals surface area contributed by atoms with Crippen molar-refractivity contribution in [1.29, 1.82) is 0 Å². The zero-order chi connectivity index (χ0) is 18.2. The number of benzene rings is 2. The van der Waals surface area contributed by atoms with Crippen molar-refractivity contribution in [2.24, 2.45) is 10.7 Å². The largest absolute Gasteiger partial charge is 0.370 e. The summed E-state index contributed by atoms with van der Waals surface area (Å²) in [6, 6.07) is 13.3. The third kappa shape index (κ3) is 6.53. The minimum absolute atomic E-state index is 0. The smallest absolute Gasteiger partial charge is 0.188 e. The van der Waals surface area contributed by atoms with Crippen molar-refractivity contribution in [3.63, 3.8) is 0 Å². The first-order chi connectivity index (χ1) is 12.0. The van der Waals surface area contributed by atoms with E-state index in [0.29, 0.717) is 6.54 Å². The highest BCUT2D eigenvalue weighted by atomic mass is 127. The molecule has 0 aromatic heterocycles. The van der Waals surface area contributed by atoms with Crippen LogP contribution in [0.2, 0.25) is 0 Å². The Morgan fingerprint density at radius 2 is 1.69 bits per heavy atom. The number of rotatable bonds is 7. The van der Waals surface area contributed by atoms with Gasteiger partial charge in [-0.05, 0) is 38.2 Å². The van der Waals surface area contributed by atoms with Crippen molar-refractivity contribution in [2.75, 3.05) is 27.2 Å². The van der Waals surface area contributed by atoms with Gasteiger partial charge in [0.2, 0.25) is 0 Å². The molecule has 2 aromatic rings. The molecule has 4 nitrogen and oxygen atoms in total. The standard InChI is InChI=1S/C19H24F2N4.HI/c1-25(2)17(18-15(20)9-6-10-16(18)21)13-24-19(22)23-12-11-14-7-4-3-5-8-14;/h3-10,17H,11-13H2,1-2H3,(H3,22,23,24);1H. The van der Waals surface area contributed by atoms with Crippen LogP contribution >= 0.6 is 24.0 Å². The Kier molecular flexibility index (Phi) is 9.50. The maximum absolute atomic E-state index is 14.0. The first-order valence-corrected chi connectivity index (χ1v) is 8.17. The maximum atomic E-state index is 14.0. The number of halogens is 3. The summed E-state index contributed by atoms with van der Waals surface area (Å²) >= 11 is 0. The highest BCUT2D eigenvalue weighted by Crippen LogP contribution is 2.24. The van der Waals surface area contributed by atoms with Crippen LogP contribution in [0.3, 0.4) is 0 Å². The van der Waals surface area contributed by atoms with Crippen LogP contribution in [0.1, 0.15) is 17.2 Å². The lowest BCUT2D eigenvalue weighted by Gasteiger charge is -2.24. The first kappa shape index (κ1) is 22.3. The molecule has 2 aromatic carbocycles. The van der Waals surface area contributed by atoms with Gasteiger partial charge in [0, 0.05) is 12.1 Å². The summed E-state index contributed by atoms with van der Waals surface area (Å²) in [5.74, 6) is -0.895. The number of hydrogen-bond acceptors (Lipinski definition) is 2. The number of likely N-dealkylation sites (N-methyl/N-ethyl adjacent to an activating group) is 1. The molecule has 0 spiro atoms. The van der Waals surface area contributed by atoms with Gasteiger partial charge in [0.1, 0.15) is 11.6 Å². The van der Waals surface area contributed by atoms with Crippen molar-refractivity contribution in [2.45, 2.75) is 12.5 Å². The van der Waals surface area contributed by atoms with Gasteiger partial charge in [-0.1, -0.05) is 36.4 Å². The molecule has 1 atom stereocenters. The molecule has 7 heteroatoms. The molecule has 0 heterocycles. The zero-order valence-electron chi connectivity index (χ0n) is 15.0. The second kappa shape index (κ2) is 11.1. The lowest BCUT2D eigenvalue weighted by molar-refractivity contribution is 0.290. The minimum Gasteiger partial charge on any atom is -0.370 e. The number of nitrogens with two attached hydrogens (primary N) is 1. The van der Waals surface area contributed by atoms with E-state index in [0.717, 1.165) is 6.42 Å². The Labute approximate surface area is 170 Å². The summed E-state index contributed by atoms with van der Waals surface area (Å²) in [5, 5.41) is 3.03. The number of guanidine groups is 1. The summed E-state index contributed by atoms with van der Waals surface area (Å²) in [4.78, 5) is 5.97. The van der Waals surface area contributed by atoms with Crippen LogP contribution in [0.15, 0.2) is 53.5 Å². The number of hydrogen-bond donors (Lipinski definition) is 2. The highest BCUT2D eigenvalue weighted by Gasteiger charge is 2.21. The molecule has 0 fully saturated rings. The van der Waals surface area contributed by atoms with Gasteiger partial charge >= 0.3 is 0 Å². The molecule has 1 unspecified atom stereocenters. The lowest BCUT2D eigenvalue weighted by Crippen LogP contribution is -2.34. The Balaban J connectivity index is 0.00000338. The van der Waals surface area contributed by atoms with Crippen molar-refractivity contribution in [1.82, 2.24) is 10.2 Å². The molecular formula is C19H25F2IN4. The third-order valence-corrected chi connectivity index (χ3v) is 3.95. The number of nitrogens with zero attached hydrogens (tertiary/aromatic N) is 2. The Morgan fingerprint density at radius 1 is 1.08 bits per heavy atom. The second-order valence-corrected chi connectivity index (χ2v) is 6.00.